The number of benzene rings is 1. The number of carbonyl (C=O) groups is 1. The molecule has 0 aliphatic carbocycles. The summed E-state index contributed by atoms with van der Waals surface area (Å²) in [4.78, 5) is 20.7. The van der Waals surface area contributed by atoms with E-state index in [4.69, 9.17) is 9.47 Å². The molecule has 0 bridgehead atoms. The van der Waals surface area contributed by atoms with Crippen LogP contribution in [0.4, 0.5) is 4.79 Å². The highest BCUT2D eigenvalue weighted by Gasteiger charge is 2.16. The van der Waals surface area contributed by atoms with E-state index in [9.17, 15) is 4.79 Å². The van der Waals surface area contributed by atoms with Gasteiger partial charge in [-0.1, -0.05) is 0 Å². The molecule has 0 atom stereocenters. The second-order valence-corrected chi connectivity index (χ2v) is 8.93. The number of alkyl carbamates (subject to hydrolysis) is 1. The molecule has 1 aliphatic rings. The highest BCUT2D eigenvalue weighted by molar-refractivity contribution is 8.15. The largest absolute Gasteiger partial charge is 0.493 e. The number of fused-ring (bicyclic) bond motifs is 1. The first-order valence-corrected chi connectivity index (χ1v) is 10.4. The van der Waals surface area contributed by atoms with E-state index < -0.39 is 11.7 Å². The number of hydrogen-bond donors (Lipinski definition) is 1. The van der Waals surface area contributed by atoms with Crippen molar-refractivity contribution in [3.8, 4) is 5.75 Å². The van der Waals surface area contributed by atoms with E-state index in [2.05, 4.69) is 15.3 Å². The Bertz CT molecular complexity index is 812. The van der Waals surface area contributed by atoms with Gasteiger partial charge in [-0.25, -0.2) is 9.78 Å². The van der Waals surface area contributed by atoms with Crippen molar-refractivity contribution >= 4 is 44.5 Å². The molecule has 0 saturated heterocycles. The Morgan fingerprint density at radius 3 is 2.92 bits per heavy atom. The van der Waals surface area contributed by atoms with Crippen molar-refractivity contribution in [2.75, 3.05) is 25.4 Å². The van der Waals surface area contributed by atoms with Crippen LogP contribution in [0.3, 0.4) is 0 Å². The monoisotopic (exact) mass is 393 g/mol. The Morgan fingerprint density at radius 1 is 1.35 bits per heavy atom. The van der Waals surface area contributed by atoms with Crippen molar-refractivity contribution in [1.29, 1.82) is 0 Å². The summed E-state index contributed by atoms with van der Waals surface area (Å²) in [5.41, 5.74) is 0.491. The van der Waals surface area contributed by atoms with Gasteiger partial charge in [0.15, 0.2) is 0 Å². The molecule has 0 saturated carbocycles. The summed E-state index contributed by atoms with van der Waals surface area (Å²) in [7, 11) is 0. The predicted molar refractivity (Wildman–Crippen MR) is 108 cm³/mol. The topological polar surface area (TPSA) is 72.8 Å². The minimum absolute atomic E-state index is 0.399. The van der Waals surface area contributed by atoms with Gasteiger partial charge in [-0.3, -0.25) is 4.99 Å². The van der Waals surface area contributed by atoms with Gasteiger partial charge in [-0.2, -0.15) is 0 Å². The van der Waals surface area contributed by atoms with E-state index in [1.807, 2.05) is 39.0 Å². The Hall–Kier alpha value is -1.80. The number of carbonyl (C=O) groups excluding carboxylic acids is 1. The van der Waals surface area contributed by atoms with E-state index in [1.165, 1.54) is 0 Å². The number of hydrogen-bond acceptors (Lipinski definition) is 7. The van der Waals surface area contributed by atoms with Crippen molar-refractivity contribution in [3.63, 3.8) is 0 Å². The van der Waals surface area contributed by atoms with Gasteiger partial charge in [0.1, 0.15) is 21.4 Å². The molecule has 1 N–H and O–H groups in total. The third kappa shape index (κ3) is 5.35. The van der Waals surface area contributed by atoms with Gasteiger partial charge >= 0.3 is 6.09 Å². The van der Waals surface area contributed by atoms with Crippen molar-refractivity contribution in [2.24, 2.45) is 4.99 Å². The molecule has 140 valence electrons. The van der Waals surface area contributed by atoms with Gasteiger partial charge < -0.3 is 14.8 Å². The third-order valence-electron chi connectivity index (χ3n) is 3.39. The molecule has 0 fully saturated rings. The number of rotatable bonds is 6. The Labute approximate surface area is 161 Å². The molecule has 1 aliphatic heterocycles. The summed E-state index contributed by atoms with van der Waals surface area (Å²) in [5, 5.41) is 4.76. The molecular formula is C18H23N3O3S2. The maximum atomic E-state index is 11.6. The molecule has 0 spiro atoms. The van der Waals surface area contributed by atoms with Gasteiger partial charge in [-0.05, 0) is 45.4 Å². The zero-order chi connectivity index (χ0) is 18.6. The van der Waals surface area contributed by atoms with Crippen molar-refractivity contribution < 1.29 is 14.3 Å². The van der Waals surface area contributed by atoms with Crippen LogP contribution in [0.1, 0.15) is 32.2 Å². The molecular weight excluding hydrogens is 370 g/mol. The summed E-state index contributed by atoms with van der Waals surface area (Å²) < 4.78 is 12.1. The van der Waals surface area contributed by atoms with Crippen molar-refractivity contribution in [2.45, 2.75) is 32.8 Å². The third-order valence-corrected chi connectivity index (χ3v) is 5.52. The SMILES string of the molecule is CC(C)(C)OC(=O)NCCCOc1ccc2nc(C3=NCCS3)sc2c1. The van der Waals surface area contributed by atoms with Crippen LogP contribution in [0.5, 0.6) is 5.75 Å². The average Bonchev–Trinajstić information content (AvgIpc) is 3.21. The van der Waals surface area contributed by atoms with E-state index >= 15 is 0 Å². The second kappa shape index (κ2) is 8.26. The number of thiazole rings is 1. The highest BCUT2D eigenvalue weighted by atomic mass is 32.2. The lowest BCUT2D eigenvalue weighted by Gasteiger charge is -2.19. The molecule has 0 radical (unpaired) electrons. The molecule has 1 amide bonds. The lowest BCUT2D eigenvalue weighted by molar-refractivity contribution is 0.0525. The van der Waals surface area contributed by atoms with E-state index in [1.54, 1.807) is 23.1 Å². The first-order chi connectivity index (χ1) is 12.4. The van der Waals surface area contributed by atoms with E-state index in [0.29, 0.717) is 19.6 Å². The number of aliphatic imine (C=N–C) groups is 1. The molecule has 8 heteroatoms. The zero-order valence-electron chi connectivity index (χ0n) is 15.2. The molecule has 1 aromatic carbocycles. The highest BCUT2D eigenvalue weighted by Crippen LogP contribution is 2.30. The second-order valence-electron chi connectivity index (χ2n) is 6.81. The lowest BCUT2D eigenvalue weighted by atomic mass is 10.2. The van der Waals surface area contributed by atoms with E-state index in [0.717, 1.165) is 38.3 Å². The fourth-order valence-electron chi connectivity index (χ4n) is 2.32. The first-order valence-electron chi connectivity index (χ1n) is 8.58. The number of amides is 1. The smallest absolute Gasteiger partial charge is 0.407 e. The Balaban J connectivity index is 1.46. The van der Waals surface area contributed by atoms with Crippen LogP contribution in [0.2, 0.25) is 0 Å². The van der Waals surface area contributed by atoms with Crippen LogP contribution in [-0.2, 0) is 4.74 Å². The summed E-state index contributed by atoms with van der Waals surface area (Å²) in [6.45, 7) is 7.44. The lowest BCUT2D eigenvalue weighted by Crippen LogP contribution is -2.33. The number of nitrogens with zero attached hydrogens (tertiary/aromatic N) is 2. The normalized spacial score (nSPS) is 14.3. The first kappa shape index (κ1) is 19.0. The van der Waals surface area contributed by atoms with Crippen LogP contribution >= 0.6 is 23.1 Å². The molecule has 6 nitrogen and oxygen atoms in total. The summed E-state index contributed by atoms with van der Waals surface area (Å²) >= 11 is 3.41. The number of ether oxygens (including phenoxy) is 2. The van der Waals surface area contributed by atoms with Crippen LogP contribution in [0, 0.1) is 0 Å². The van der Waals surface area contributed by atoms with Crippen molar-refractivity contribution in [3.05, 3.63) is 23.2 Å². The van der Waals surface area contributed by atoms with Gasteiger partial charge in [0.2, 0.25) is 0 Å². The van der Waals surface area contributed by atoms with Crippen LogP contribution in [-0.4, -0.2) is 47.2 Å². The standard InChI is InChI=1S/C18H23N3O3S2/c1-18(2,3)24-17(22)20-7-4-9-23-12-5-6-13-14(11-12)26-16(21-13)15-19-8-10-25-15/h5-6,11H,4,7-10H2,1-3H3,(H,20,22). The van der Waals surface area contributed by atoms with Gasteiger partial charge in [-0.15, -0.1) is 23.1 Å². The quantitative estimate of drug-likeness (QED) is 0.749. The number of nitrogens with one attached hydrogen (secondary N) is 1. The molecule has 2 aromatic rings. The molecule has 3 rings (SSSR count). The number of thioether (sulfide) groups is 1. The zero-order valence-corrected chi connectivity index (χ0v) is 16.8. The van der Waals surface area contributed by atoms with Crippen LogP contribution in [0.25, 0.3) is 10.2 Å². The van der Waals surface area contributed by atoms with Gasteiger partial charge in [0.05, 0.1) is 16.8 Å². The summed E-state index contributed by atoms with van der Waals surface area (Å²) in [6, 6.07) is 5.92. The average molecular weight is 394 g/mol. The molecule has 2 heterocycles. The fourth-order valence-corrected chi connectivity index (χ4v) is 4.24. The van der Waals surface area contributed by atoms with Crippen LogP contribution < -0.4 is 10.1 Å². The predicted octanol–water partition coefficient (Wildman–Crippen LogP) is 4.08. The Kier molecular flexibility index (Phi) is 6.03. The fraction of sp³-hybridized carbons (Fsp3) is 0.500. The summed E-state index contributed by atoms with van der Waals surface area (Å²) in [5.74, 6) is 1.85. The van der Waals surface area contributed by atoms with Crippen LogP contribution in [0.15, 0.2) is 23.2 Å². The molecule has 26 heavy (non-hydrogen) atoms. The molecule has 1 aromatic heterocycles. The molecule has 0 unspecified atom stereocenters. The van der Waals surface area contributed by atoms with Gasteiger partial charge in [0.25, 0.3) is 0 Å². The van der Waals surface area contributed by atoms with E-state index in [-0.39, 0.29) is 0 Å². The summed E-state index contributed by atoms with van der Waals surface area (Å²) in [6.07, 6.45) is 0.308. The van der Waals surface area contributed by atoms with Crippen molar-refractivity contribution in [1.82, 2.24) is 10.3 Å². The number of aromatic nitrogens is 1. The minimum Gasteiger partial charge on any atom is -0.493 e. The van der Waals surface area contributed by atoms with Gasteiger partial charge in [0, 0.05) is 18.8 Å². The maximum Gasteiger partial charge on any atom is 0.407 e. The minimum atomic E-state index is -0.480. The maximum absolute atomic E-state index is 11.6. The Morgan fingerprint density at radius 2 is 2.19 bits per heavy atom.